The second-order valence-electron chi connectivity index (χ2n) is 6.22. The van der Waals surface area contributed by atoms with E-state index in [-0.39, 0.29) is 0 Å². The van der Waals surface area contributed by atoms with Crippen LogP contribution in [0.5, 0.6) is 0 Å². The van der Waals surface area contributed by atoms with Crippen molar-refractivity contribution in [2.75, 3.05) is 16.8 Å². The van der Waals surface area contributed by atoms with Crippen LogP contribution in [0.25, 0.3) is 22.1 Å². The average Bonchev–Trinajstić information content (AvgIpc) is 3.12. The van der Waals surface area contributed by atoms with Gasteiger partial charge in [0.25, 0.3) is 0 Å². The standard InChI is InChI=1S/C20H16N4O/c1-12-8-9-14-15-6-4-11-22-20(15)25-18(14)17(12)24-13(2)23(3)16-7-5-10-21-19(16)24/h4-11H,2H2,1,3H3. The monoisotopic (exact) mass is 328 g/mol. The number of hydrogen-bond donors (Lipinski definition) is 0. The fourth-order valence-corrected chi connectivity index (χ4v) is 3.51. The molecular weight excluding hydrogens is 312 g/mol. The number of hydrogen-bond acceptors (Lipinski definition) is 5. The van der Waals surface area contributed by atoms with Crippen molar-refractivity contribution in [2.45, 2.75) is 6.92 Å². The van der Waals surface area contributed by atoms with Gasteiger partial charge in [0, 0.05) is 30.2 Å². The highest BCUT2D eigenvalue weighted by Crippen LogP contribution is 2.48. The highest BCUT2D eigenvalue weighted by Gasteiger charge is 2.36. The van der Waals surface area contributed by atoms with E-state index in [0.29, 0.717) is 5.71 Å². The number of aromatic nitrogens is 2. The molecule has 5 heteroatoms. The van der Waals surface area contributed by atoms with Gasteiger partial charge in [-0.25, -0.2) is 9.97 Å². The van der Waals surface area contributed by atoms with E-state index < -0.39 is 0 Å². The zero-order chi connectivity index (χ0) is 17.1. The summed E-state index contributed by atoms with van der Waals surface area (Å²) < 4.78 is 6.14. The van der Waals surface area contributed by atoms with Crippen molar-refractivity contribution in [2.24, 2.45) is 0 Å². The summed E-state index contributed by atoms with van der Waals surface area (Å²) in [6.07, 6.45) is 4.39. The highest BCUT2D eigenvalue weighted by molar-refractivity contribution is 6.10. The van der Waals surface area contributed by atoms with Crippen LogP contribution < -0.4 is 9.80 Å². The number of benzene rings is 1. The molecule has 1 aliphatic rings. The highest BCUT2D eigenvalue weighted by atomic mass is 16.3. The number of furan rings is 1. The molecule has 5 nitrogen and oxygen atoms in total. The molecule has 2 radical (unpaired) electrons. The molecule has 0 amide bonds. The quantitative estimate of drug-likeness (QED) is 0.511. The van der Waals surface area contributed by atoms with Gasteiger partial charge in [-0.2, -0.15) is 0 Å². The van der Waals surface area contributed by atoms with Gasteiger partial charge in [-0.05, 0) is 43.7 Å². The van der Waals surface area contributed by atoms with E-state index in [0.717, 1.165) is 45.3 Å². The van der Waals surface area contributed by atoms with Gasteiger partial charge in [0.15, 0.2) is 17.6 Å². The Kier molecular flexibility index (Phi) is 2.83. The van der Waals surface area contributed by atoms with E-state index in [9.17, 15) is 0 Å². The lowest BCUT2D eigenvalue weighted by Crippen LogP contribution is -2.28. The smallest absolute Gasteiger partial charge is 0.227 e. The molecule has 0 N–H and O–H groups in total. The Morgan fingerprint density at radius 2 is 1.80 bits per heavy atom. The second-order valence-corrected chi connectivity index (χ2v) is 6.22. The van der Waals surface area contributed by atoms with E-state index in [4.69, 9.17) is 4.42 Å². The molecule has 0 saturated heterocycles. The molecule has 0 spiro atoms. The van der Waals surface area contributed by atoms with Gasteiger partial charge in [0.05, 0.1) is 11.4 Å². The van der Waals surface area contributed by atoms with Crippen LogP contribution in [-0.4, -0.2) is 17.0 Å². The van der Waals surface area contributed by atoms with E-state index in [1.165, 1.54) is 0 Å². The minimum absolute atomic E-state index is 0.642. The third-order valence-electron chi connectivity index (χ3n) is 4.80. The maximum Gasteiger partial charge on any atom is 0.227 e. The summed E-state index contributed by atoms with van der Waals surface area (Å²) in [7, 11) is 2.00. The minimum Gasteiger partial charge on any atom is -0.435 e. The Hall–Kier alpha value is -3.08. The molecule has 4 aromatic rings. The van der Waals surface area contributed by atoms with Gasteiger partial charge >= 0.3 is 0 Å². The molecule has 0 bridgehead atoms. The van der Waals surface area contributed by atoms with E-state index in [1.54, 1.807) is 12.4 Å². The zero-order valence-corrected chi connectivity index (χ0v) is 14.0. The topological polar surface area (TPSA) is 45.4 Å². The largest absolute Gasteiger partial charge is 0.435 e. The van der Waals surface area contributed by atoms with Crippen molar-refractivity contribution in [3.63, 3.8) is 0 Å². The lowest BCUT2D eigenvalue weighted by molar-refractivity contribution is 0.653. The summed E-state index contributed by atoms with van der Waals surface area (Å²) in [5.41, 5.74) is 4.54. The van der Waals surface area contributed by atoms with Crippen LogP contribution in [0.3, 0.4) is 0 Å². The molecular formula is C20H16N4O. The Labute approximate surface area is 145 Å². The van der Waals surface area contributed by atoms with Crippen LogP contribution in [0.15, 0.2) is 53.2 Å². The van der Waals surface area contributed by atoms with Crippen LogP contribution in [0.1, 0.15) is 5.56 Å². The first kappa shape index (κ1) is 14.3. The Morgan fingerprint density at radius 1 is 1.00 bits per heavy atom. The first-order valence-electron chi connectivity index (χ1n) is 8.11. The molecule has 0 fully saturated rings. The van der Waals surface area contributed by atoms with E-state index in [1.807, 2.05) is 36.2 Å². The van der Waals surface area contributed by atoms with Crippen molar-refractivity contribution in [3.05, 3.63) is 67.4 Å². The van der Waals surface area contributed by atoms with Crippen LogP contribution in [-0.2, 0) is 0 Å². The molecule has 0 unspecified atom stereocenters. The number of pyridine rings is 2. The lowest BCUT2D eigenvalue weighted by Gasteiger charge is -2.26. The first-order valence-corrected chi connectivity index (χ1v) is 8.11. The maximum absolute atomic E-state index is 6.14. The fourth-order valence-electron chi connectivity index (χ4n) is 3.51. The van der Waals surface area contributed by atoms with Crippen molar-refractivity contribution < 1.29 is 4.42 Å². The summed E-state index contributed by atoms with van der Waals surface area (Å²) in [6.45, 7) is 6.34. The lowest BCUT2D eigenvalue weighted by atomic mass is 10.1. The molecule has 122 valence electrons. The van der Waals surface area contributed by atoms with Gasteiger partial charge in [-0.15, -0.1) is 0 Å². The second kappa shape index (κ2) is 4.96. The average molecular weight is 328 g/mol. The summed E-state index contributed by atoms with van der Waals surface area (Å²) in [5.74, 6) is 0.860. The normalized spacial score (nSPS) is 14.7. The third kappa shape index (κ3) is 1.83. The Bertz CT molecular complexity index is 1120. The Balaban J connectivity index is 1.85. The van der Waals surface area contributed by atoms with Crippen LogP contribution in [0.2, 0.25) is 0 Å². The van der Waals surface area contributed by atoms with E-state index in [2.05, 4.69) is 40.8 Å². The maximum atomic E-state index is 6.14. The fraction of sp³-hybridized carbons (Fsp3) is 0.100. The van der Waals surface area contributed by atoms with Crippen LogP contribution in [0.4, 0.5) is 17.2 Å². The number of fused-ring (bicyclic) bond motifs is 4. The number of anilines is 3. The van der Waals surface area contributed by atoms with Crippen molar-refractivity contribution >= 4 is 39.3 Å². The van der Waals surface area contributed by atoms with Crippen LogP contribution in [0, 0.1) is 20.0 Å². The number of nitrogens with zero attached hydrogens (tertiary/aromatic N) is 4. The molecule has 0 atom stereocenters. The molecule has 1 aliphatic heterocycles. The van der Waals surface area contributed by atoms with Gasteiger partial charge < -0.3 is 9.32 Å². The number of rotatable bonds is 1. The summed E-state index contributed by atoms with van der Waals surface area (Å²) >= 11 is 0. The van der Waals surface area contributed by atoms with Crippen LogP contribution >= 0.6 is 0 Å². The van der Waals surface area contributed by atoms with Crippen molar-refractivity contribution in [1.29, 1.82) is 0 Å². The Morgan fingerprint density at radius 3 is 2.68 bits per heavy atom. The van der Waals surface area contributed by atoms with Gasteiger partial charge in [0.2, 0.25) is 5.71 Å². The number of aryl methyl sites for hydroxylation is 1. The molecule has 0 saturated carbocycles. The predicted octanol–water partition coefficient (Wildman–Crippen LogP) is 4.60. The first-order chi connectivity index (χ1) is 12.2. The van der Waals surface area contributed by atoms with Gasteiger partial charge in [0.1, 0.15) is 0 Å². The molecule has 0 aliphatic carbocycles. The molecule has 4 heterocycles. The van der Waals surface area contributed by atoms with Crippen molar-refractivity contribution in [3.8, 4) is 0 Å². The van der Waals surface area contributed by atoms with Gasteiger partial charge in [-0.3, -0.25) is 4.90 Å². The van der Waals surface area contributed by atoms with E-state index >= 15 is 0 Å². The minimum atomic E-state index is 0.642. The molecule has 1 aromatic carbocycles. The third-order valence-corrected chi connectivity index (χ3v) is 4.80. The zero-order valence-electron chi connectivity index (χ0n) is 14.0. The summed E-state index contributed by atoms with van der Waals surface area (Å²) in [4.78, 5) is 13.1. The molecule has 25 heavy (non-hydrogen) atoms. The predicted molar refractivity (Wildman–Crippen MR) is 99.6 cm³/mol. The molecule has 5 rings (SSSR count). The molecule has 3 aromatic heterocycles. The van der Waals surface area contributed by atoms with Gasteiger partial charge in [-0.1, -0.05) is 12.1 Å². The summed E-state index contributed by atoms with van der Waals surface area (Å²) in [5, 5.41) is 2.06. The van der Waals surface area contributed by atoms with Crippen molar-refractivity contribution in [1.82, 2.24) is 9.97 Å². The summed E-state index contributed by atoms with van der Waals surface area (Å²) in [6, 6.07) is 12.1. The SMILES string of the molecule is [CH2][C]1N(C)c2cccnc2N1c1c(C)ccc2c1oc1ncccc12.